The predicted octanol–water partition coefficient (Wildman–Crippen LogP) is 8.92. The van der Waals surface area contributed by atoms with Gasteiger partial charge in [-0.15, -0.1) is 0 Å². The van der Waals surface area contributed by atoms with Crippen molar-refractivity contribution in [3.05, 3.63) is 12.2 Å². The normalized spacial score (nSPS) is 14.0. The van der Waals surface area contributed by atoms with Gasteiger partial charge in [0.2, 0.25) is 5.91 Å². The highest BCUT2D eigenvalue weighted by molar-refractivity contribution is 5.80. The van der Waals surface area contributed by atoms with Crippen molar-refractivity contribution < 1.29 is 20.1 Å². The Morgan fingerprint density at radius 3 is 1.38 bits per heavy atom. The van der Waals surface area contributed by atoms with Crippen LogP contribution >= 0.6 is 0 Å². The molecule has 0 spiro atoms. The molecule has 0 rings (SSSR count). The molecule has 1 amide bonds. The van der Waals surface area contributed by atoms with E-state index in [-0.39, 0.29) is 6.61 Å². The van der Waals surface area contributed by atoms with Gasteiger partial charge in [0.05, 0.1) is 18.8 Å². The summed E-state index contributed by atoms with van der Waals surface area (Å²) in [6.07, 6.45) is 33.6. The quantitative estimate of drug-likeness (QED) is 0.0497. The molecule has 40 heavy (non-hydrogen) atoms. The van der Waals surface area contributed by atoms with Crippen LogP contribution in [0.3, 0.4) is 0 Å². The minimum Gasteiger partial charge on any atom is -0.394 e. The Morgan fingerprint density at radius 1 is 0.600 bits per heavy atom. The number of hydrogen-bond donors (Lipinski definition) is 4. The maximum absolute atomic E-state index is 12.3. The molecular weight excluding hydrogens is 498 g/mol. The van der Waals surface area contributed by atoms with Gasteiger partial charge in [0, 0.05) is 0 Å². The molecule has 0 aromatic heterocycles. The Kier molecular flexibility index (Phi) is 30.3. The smallest absolute Gasteiger partial charge is 0.249 e. The summed E-state index contributed by atoms with van der Waals surface area (Å²) in [5.74, 6) is -0.504. The first-order valence-corrected chi connectivity index (χ1v) is 17.5. The summed E-state index contributed by atoms with van der Waals surface area (Å²) in [5, 5.41) is 32.9. The number of rotatable bonds is 31. The molecule has 0 aliphatic carbocycles. The van der Waals surface area contributed by atoms with Gasteiger partial charge in [-0.1, -0.05) is 174 Å². The molecule has 0 heterocycles. The third-order valence-electron chi connectivity index (χ3n) is 8.13. The highest BCUT2D eigenvalue weighted by atomic mass is 16.3. The molecule has 0 unspecified atom stereocenters. The van der Waals surface area contributed by atoms with E-state index in [1.165, 1.54) is 128 Å². The zero-order valence-corrected chi connectivity index (χ0v) is 26.7. The third-order valence-corrected chi connectivity index (χ3v) is 8.13. The first-order chi connectivity index (χ1) is 19.6. The number of aliphatic hydroxyl groups excluding tert-OH is 3. The van der Waals surface area contributed by atoms with Crippen molar-refractivity contribution in [2.75, 3.05) is 6.61 Å². The van der Waals surface area contributed by atoms with E-state index in [9.17, 15) is 20.1 Å². The van der Waals surface area contributed by atoms with Crippen molar-refractivity contribution in [1.82, 2.24) is 5.32 Å². The first kappa shape index (κ1) is 39.1. The average molecular weight is 568 g/mol. The number of unbranched alkanes of at least 4 members (excludes halogenated alkanes) is 23. The molecule has 4 N–H and O–H groups in total. The number of aliphatic hydroxyl groups is 3. The van der Waals surface area contributed by atoms with Crippen molar-refractivity contribution in [2.45, 2.75) is 199 Å². The van der Waals surface area contributed by atoms with E-state index in [1.807, 2.05) is 6.08 Å². The fourth-order valence-corrected chi connectivity index (χ4v) is 5.30. The molecule has 0 aliphatic heterocycles. The Morgan fingerprint density at radius 2 is 0.975 bits per heavy atom. The summed E-state index contributed by atoms with van der Waals surface area (Å²) in [7, 11) is 0. The van der Waals surface area contributed by atoms with Crippen molar-refractivity contribution in [1.29, 1.82) is 0 Å². The van der Waals surface area contributed by atoms with Gasteiger partial charge in [-0.25, -0.2) is 0 Å². The Labute approximate surface area is 249 Å². The van der Waals surface area contributed by atoms with Crippen LogP contribution in [-0.2, 0) is 4.79 Å². The maximum atomic E-state index is 12.3. The SMILES string of the molecule is CCCCCCCCCCCCC/C=C/[C@@H](O)[C@H](CO)NC(=O)[C@@H](O)CCCCCCCCCCCCCCC. The Hall–Kier alpha value is -0.910. The summed E-state index contributed by atoms with van der Waals surface area (Å²) in [6, 6.07) is -0.789. The van der Waals surface area contributed by atoms with E-state index in [0.717, 1.165) is 32.1 Å². The average Bonchev–Trinajstić information content (AvgIpc) is 2.96. The second-order valence-electron chi connectivity index (χ2n) is 12.1. The number of hydrogen-bond acceptors (Lipinski definition) is 4. The zero-order valence-electron chi connectivity index (χ0n) is 26.7. The molecule has 3 atom stereocenters. The zero-order chi connectivity index (χ0) is 29.5. The van der Waals surface area contributed by atoms with Crippen LogP contribution in [0.5, 0.6) is 0 Å². The van der Waals surface area contributed by atoms with Gasteiger partial charge in [-0.2, -0.15) is 0 Å². The van der Waals surface area contributed by atoms with Gasteiger partial charge in [0.1, 0.15) is 6.10 Å². The molecule has 0 saturated carbocycles. The summed E-state index contributed by atoms with van der Waals surface area (Å²) >= 11 is 0. The number of nitrogens with one attached hydrogen (secondary N) is 1. The molecule has 0 saturated heterocycles. The summed E-state index contributed by atoms with van der Waals surface area (Å²) < 4.78 is 0. The van der Waals surface area contributed by atoms with Gasteiger partial charge in [-0.05, 0) is 19.3 Å². The van der Waals surface area contributed by atoms with Crippen LogP contribution in [0.2, 0.25) is 0 Å². The van der Waals surface area contributed by atoms with Crippen molar-refractivity contribution >= 4 is 5.91 Å². The molecule has 0 radical (unpaired) electrons. The number of carbonyl (C=O) groups is 1. The molecule has 0 aliphatic rings. The van der Waals surface area contributed by atoms with E-state index < -0.39 is 24.2 Å². The van der Waals surface area contributed by atoms with E-state index in [4.69, 9.17) is 0 Å². The molecule has 0 fully saturated rings. The monoisotopic (exact) mass is 568 g/mol. The molecule has 0 aromatic carbocycles. The molecule has 0 bridgehead atoms. The number of amides is 1. The Balaban J connectivity index is 3.76. The van der Waals surface area contributed by atoms with Crippen LogP contribution in [0.15, 0.2) is 12.2 Å². The van der Waals surface area contributed by atoms with Crippen molar-refractivity contribution in [3.8, 4) is 0 Å². The summed E-state index contributed by atoms with van der Waals surface area (Å²) in [5.41, 5.74) is 0. The second-order valence-corrected chi connectivity index (χ2v) is 12.1. The van der Waals surface area contributed by atoms with E-state index >= 15 is 0 Å². The van der Waals surface area contributed by atoms with Crippen LogP contribution in [-0.4, -0.2) is 46.1 Å². The topological polar surface area (TPSA) is 89.8 Å². The fraction of sp³-hybridized carbons (Fsp3) is 0.914. The van der Waals surface area contributed by atoms with Crippen LogP contribution in [0.25, 0.3) is 0 Å². The Bertz CT molecular complexity index is 554. The fourth-order valence-electron chi connectivity index (χ4n) is 5.30. The lowest BCUT2D eigenvalue weighted by Gasteiger charge is -2.21. The van der Waals surface area contributed by atoms with Gasteiger partial charge < -0.3 is 20.6 Å². The molecular formula is C35H69NO4. The van der Waals surface area contributed by atoms with Gasteiger partial charge >= 0.3 is 0 Å². The lowest BCUT2D eigenvalue weighted by Crippen LogP contribution is -2.48. The summed E-state index contributed by atoms with van der Waals surface area (Å²) in [6.45, 7) is 4.15. The van der Waals surface area contributed by atoms with Crippen LogP contribution in [0.4, 0.5) is 0 Å². The van der Waals surface area contributed by atoms with Crippen LogP contribution < -0.4 is 5.32 Å². The van der Waals surface area contributed by atoms with E-state index in [1.54, 1.807) is 6.08 Å². The first-order valence-electron chi connectivity index (χ1n) is 17.5. The minimum absolute atomic E-state index is 0.360. The van der Waals surface area contributed by atoms with Crippen LogP contribution in [0.1, 0.15) is 181 Å². The number of allylic oxidation sites excluding steroid dienone is 1. The highest BCUT2D eigenvalue weighted by Crippen LogP contribution is 2.14. The highest BCUT2D eigenvalue weighted by Gasteiger charge is 2.22. The third kappa shape index (κ3) is 26.0. The minimum atomic E-state index is -1.09. The van der Waals surface area contributed by atoms with E-state index in [2.05, 4.69) is 19.2 Å². The molecule has 5 nitrogen and oxygen atoms in total. The van der Waals surface area contributed by atoms with Crippen LogP contribution in [0, 0.1) is 0 Å². The molecule has 5 heteroatoms. The largest absolute Gasteiger partial charge is 0.394 e. The van der Waals surface area contributed by atoms with Crippen molar-refractivity contribution in [3.63, 3.8) is 0 Å². The standard InChI is InChI=1S/C35H69NO4/c1-3-5-7-9-11-13-15-17-19-21-23-25-27-29-33(38)32(31-37)36-35(40)34(39)30-28-26-24-22-20-18-16-14-12-10-8-6-4-2/h27,29,32-34,37-39H,3-26,28,30-31H2,1-2H3,(H,36,40)/b29-27+/t32-,33+,34-/m0/s1. The van der Waals surface area contributed by atoms with E-state index in [0.29, 0.717) is 6.42 Å². The maximum Gasteiger partial charge on any atom is 0.249 e. The number of carbonyl (C=O) groups excluding carboxylic acids is 1. The lowest BCUT2D eigenvalue weighted by atomic mass is 10.0. The lowest BCUT2D eigenvalue weighted by molar-refractivity contribution is -0.131. The molecule has 0 aromatic rings. The van der Waals surface area contributed by atoms with Gasteiger partial charge in [0.15, 0.2) is 0 Å². The summed E-state index contributed by atoms with van der Waals surface area (Å²) in [4.78, 5) is 12.3. The second kappa shape index (κ2) is 31.0. The van der Waals surface area contributed by atoms with Crippen molar-refractivity contribution in [2.24, 2.45) is 0 Å². The van der Waals surface area contributed by atoms with Gasteiger partial charge in [0.25, 0.3) is 0 Å². The molecule has 238 valence electrons. The van der Waals surface area contributed by atoms with Gasteiger partial charge in [-0.3, -0.25) is 4.79 Å². The predicted molar refractivity (Wildman–Crippen MR) is 172 cm³/mol.